The van der Waals surface area contributed by atoms with Gasteiger partial charge < -0.3 is 19.4 Å². The molecule has 1 aromatic heterocycles. The van der Waals surface area contributed by atoms with Crippen LogP contribution in [-0.4, -0.2) is 10.4 Å². The molecule has 3 heterocycles. The van der Waals surface area contributed by atoms with Gasteiger partial charge in [0.2, 0.25) is 0 Å². The minimum Gasteiger partial charge on any atom is -0.449 e. The zero-order valence-electron chi connectivity index (χ0n) is 29.7. The maximum atomic E-state index is 6.80. The lowest BCUT2D eigenvalue weighted by atomic mass is 9.98. The molecule has 0 spiro atoms. The molecular formula is C50H33N3O2. The Balaban J connectivity index is 1.02. The van der Waals surface area contributed by atoms with Crippen molar-refractivity contribution >= 4 is 44.1 Å². The van der Waals surface area contributed by atoms with Gasteiger partial charge >= 0.3 is 0 Å². The lowest BCUT2D eigenvalue weighted by Gasteiger charge is -2.24. The smallest absolute Gasteiger partial charge is 0.194 e. The van der Waals surface area contributed by atoms with Gasteiger partial charge in [0, 0.05) is 22.0 Å². The molecule has 0 radical (unpaired) electrons. The van der Waals surface area contributed by atoms with Crippen molar-refractivity contribution in [2.24, 2.45) is 4.99 Å². The van der Waals surface area contributed by atoms with Gasteiger partial charge in [-0.2, -0.15) is 0 Å². The van der Waals surface area contributed by atoms with Gasteiger partial charge in [-0.1, -0.05) is 133 Å². The summed E-state index contributed by atoms with van der Waals surface area (Å²) < 4.78 is 15.7. The third kappa shape index (κ3) is 5.36. The summed E-state index contributed by atoms with van der Waals surface area (Å²) in [7, 11) is 0. The van der Waals surface area contributed by atoms with Gasteiger partial charge in [-0.25, -0.2) is 4.99 Å². The molecule has 0 amide bonds. The quantitative estimate of drug-likeness (QED) is 0.194. The highest BCUT2D eigenvalue weighted by Crippen LogP contribution is 2.51. The van der Waals surface area contributed by atoms with E-state index >= 15 is 0 Å². The predicted molar refractivity (Wildman–Crippen MR) is 224 cm³/mol. The number of benzene rings is 8. The second-order valence-electron chi connectivity index (χ2n) is 14.0. The highest BCUT2D eigenvalue weighted by atomic mass is 16.6. The molecule has 11 rings (SSSR count). The summed E-state index contributed by atoms with van der Waals surface area (Å²) in [6.07, 6.45) is 2.21. The Hall–Kier alpha value is -7.37. The molecule has 0 saturated carbocycles. The standard InChI is InChI=1S/C50H33N3O2/c1-3-13-32(14-4-1)42-31-43(33-15-5-2-6-16-33)52-50(51-42)38-21-11-19-34(27-38)35-20-12-22-39(28-35)53-44-24-10-9-23-40(44)41-25-26-45-49(48(41)53)55-47-30-37-18-8-7-17-36(37)29-46(47)54-45/h1-31,42H,(H,51,52). The fourth-order valence-electron chi connectivity index (χ4n) is 8.01. The van der Waals surface area contributed by atoms with E-state index < -0.39 is 0 Å². The second kappa shape index (κ2) is 12.6. The van der Waals surface area contributed by atoms with E-state index in [1.807, 2.05) is 24.3 Å². The Morgan fingerprint density at radius 2 is 1.15 bits per heavy atom. The number of aliphatic imine (C=N–C) groups is 1. The van der Waals surface area contributed by atoms with Crippen LogP contribution in [0, 0.1) is 0 Å². The van der Waals surface area contributed by atoms with E-state index in [9.17, 15) is 0 Å². The molecule has 0 aliphatic carbocycles. The van der Waals surface area contributed by atoms with Crippen LogP contribution in [0.25, 0.3) is 55.1 Å². The minimum absolute atomic E-state index is 0.0194. The molecular weight excluding hydrogens is 675 g/mol. The van der Waals surface area contributed by atoms with E-state index in [2.05, 4.69) is 174 Å². The van der Waals surface area contributed by atoms with Gasteiger partial charge in [0.1, 0.15) is 11.4 Å². The first-order valence-electron chi connectivity index (χ1n) is 18.6. The highest BCUT2D eigenvalue weighted by Gasteiger charge is 2.26. The van der Waals surface area contributed by atoms with Crippen molar-refractivity contribution in [3.8, 4) is 39.8 Å². The summed E-state index contributed by atoms with van der Waals surface area (Å²) in [5.74, 6) is 3.67. The summed E-state index contributed by atoms with van der Waals surface area (Å²) in [6.45, 7) is 0. The molecule has 2 aliphatic heterocycles. The number of fused-ring (bicyclic) bond motifs is 7. The van der Waals surface area contributed by atoms with E-state index in [0.29, 0.717) is 23.0 Å². The van der Waals surface area contributed by atoms with Crippen molar-refractivity contribution in [3.63, 3.8) is 0 Å². The second-order valence-corrected chi connectivity index (χ2v) is 14.0. The number of aromatic nitrogens is 1. The Kier molecular flexibility index (Phi) is 7.17. The molecule has 0 saturated heterocycles. The van der Waals surface area contributed by atoms with Crippen molar-refractivity contribution in [2.45, 2.75) is 6.04 Å². The number of hydrogen-bond acceptors (Lipinski definition) is 4. The van der Waals surface area contributed by atoms with Crippen LogP contribution >= 0.6 is 0 Å². The van der Waals surface area contributed by atoms with E-state index in [1.54, 1.807) is 0 Å². The molecule has 0 fully saturated rings. The highest BCUT2D eigenvalue weighted by molar-refractivity contribution is 6.12. The van der Waals surface area contributed by atoms with E-state index in [4.69, 9.17) is 14.5 Å². The molecule has 8 aromatic carbocycles. The Morgan fingerprint density at radius 3 is 1.96 bits per heavy atom. The Bertz CT molecular complexity index is 3020. The average Bonchev–Trinajstić information content (AvgIpc) is 3.60. The summed E-state index contributed by atoms with van der Waals surface area (Å²) in [6, 6.07) is 63.4. The van der Waals surface area contributed by atoms with Crippen molar-refractivity contribution in [1.29, 1.82) is 0 Å². The maximum Gasteiger partial charge on any atom is 0.194 e. The number of amidine groups is 1. The van der Waals surface area contributed by atoms with E-state index in [1.165, 1.54) is 5.56 Å². The number of para-hydroxylation sites is 1. The van der Waals surface area contributed by atoms with Gasteiger partial charge in [-0.05, 0) is 87.6 Å². The van der Waals surface area contributed by atoms with Crippen LogP contribution in [0.5, 0.6) is 23.0 Å². The number of ether oxygens (including phenoxy) is 2. The van der Waals surface area contributed by atoms with Crippen molar-refractivity contribution < 1.29 is 9.47 Å². The maximum absolute atomic E-state index is 6.80. The molecule has 0 bridgehead atoms. The van der Waals surface area contributed by atoms with Gasteiger partial charge in [0.05, 0.1) is 17.3 Å². The Morgan fingerprint density at radius 1 is 0.491 bits per heavy atom. The first-order valence-corrected chi connectivity index (χ1v) is 18.6. The Labute approximate surface area is 318 Å². The lowest BCUT2D eigenvalue weighted by Crippen LogP contribution is -2.31. The fourth-order valence-corrected chi connectivity index (χ4v) is 8.01. The van der Waals surface area contributed by atoms with Gasteiger partial charge in [-0.15, -0.1) is 0 Å². The molecule has 1 unspecified atom stereocenters. The van der Waals surface area contributed by atoms with E-state index in [0.717, 1.165) is 72.1 Å². The van der Waals surface area contributed by atoms with Crippen LogP contribution in [0.15, 0.2) is 193 Å². The van der Waals surface area contributed by atoms with Crippen LogP contribution < -0.4 is 14.8 Å². The van der Waals surface area contributed by atoms with Crippen LogP contribution in [0.2, 0.25) is 0 Å². The molecule has 1 N–H and O–H groups in total. The predicted octanol–water partition coefficient (Wildman–Crippen LogP) is 12.6. The van der Waals surface area contributed by atoms with E-state index in [-0.39, 0.29) is 6.04 Å². The number of rotatable bonds is 5. The fraction of sp³-hybridized carbons (Fsp3) is 0.0200. The molecule has 5 nitrogen and oxygen atoms in total. The summed E-state index contributed by atoms with van der Waals surface area (Å²) >= 11 is 0. The first kappa shape index (κ1) is 31.2. The van der Waals surface area contributed by atoms with Crippen LogP contribution in [-0.2, 0) is 0 Å². The summed E-state index contributed by atoms with van der Waals surface area (Å²) in [5, 5.41) is 8.20. The normalized spacial score (nSPS) is 14.7. The zero-order valence-corrected chi connectivity index (χ0v) is 29.7. The topological polar surface area (TPSA) is 47.8 Å². The minimum atomic E-state index is -0.0194. The number of nitrogens with zero attached hydrogens (tertiary/aromatic N) is 2. The average molecular weight is 708 g/mol. The van der Waals surface area contributed by atoms with Gasteiger partial charge in [0.15, 0.2) is 23.0 Å². The molecule has 2 aliphatic rings. The van der Waals surface area contributed by atoms with Crippen LogP contribution in [0.4, 0.5) is 0 Å². The SMILES string of the molecule is C1=C(c2ccccc2)N=C(c2cccc(-c3cccc(-n4c5ccccc5c5ccc6c(c54)Oc4cc5ccccc5cc4O6)c3)c2)NC1c1ccccc1. The third-order valence-electron chi connectivity index (χ3n) is 10.6. The largest absolute Gasteiger partial charge is 0.449 e. The van der Waals surface area contributed by atoms with Crippen molar-refractivity contribution in [1.82, 2.24) is 9.88 Å². The summed E-state index contributed by atoms with van der Waals surface area (Å²) in [4.78, 5) is 5.17. The molecule has 9 aromatic rings. The monoisotopic (exact) mass is 707 g/mol. The molecule has 1 atom stereocenters. The van der Waals surface area contributed by atoms with Crippen LogP contribution in [0.1, 0.15) is 22.7 Å². The molecule has 260 valence electrons. The van der Waals surface area contributed by atoms with Crippen molar-refractivity contribution in [2.75, 3.05) is 0 Å². The van der Waals surface area contributed by atoms with Crippen molar-refractivity contribution in [3.05, 3.63) is 205 Å². The van der Waals surface area contributed by atoms with Gasteiger partial charge in [0.25, 0.3) is 0 Å². The lowest BCUT2D eigenvalue weighted by molar-refractivity contribution is 0.363. The zero-order chi connectivity index (χ0) is 36.3. The molecule has 5 heteroatoms. The van der Waals surface area contributed by atoms with Crippen LogP contribution in [0.3, 0.4) is 0 Å². The third-order valence-corrected chi connectivity index (χ3v) is 10.6. The first-order chi connectivity index (χ1) is 27.2. The summed E-state index contributed by atoms with van der Waals surface area (Å²) in [5.41, 5.74) is 9.53. The number of nitrogens with one attached hydrogen (secondary N) is 1. The van der Waals surface area contributed by atoms with Gasteiger partial charge in [-0.3, -0.25) is 0 Å². The molecule has 55 heavy (non-hydrogen) atoms. The number of hydrogen-bond donors (Lipinski definition) is 1.